The second kappa shape index (κ2) is 4.72. The number of benzene rings is 2. The molecule has 0 unspecified atom stereocenters. The number of nitriles is 1. The summed E-state index contributed by atoms with van der Waals surface area (Å²) in [5.74, 6) is -0.866. The van der Waals surface area contributed by atoms with Crippen molar-refractivity contribution in [3.05, 3.63) is 65.5 Å². The lowest BCUT2D eigenvalue weighted by atomic mass is 10.2. The fourth-order valence-electron chi connectivity index (χ4n) is 2.21. The number of allylic oxidation sites excluding steroid dienone is 1. The first-order valence-corrected chi connectivity index (χ1v) is 7.54. The summed E-state index contributed by atoms with van der Waals surface area (Å²) in [5, 5.41) is 9.06. The van der Waals surface area contributed by atoms with Gasteiger partial charge in [-0.25, -0.2) is 12.8 Å². The maximum Gasteiger partial charge on any atom is 0.223 e. The van der Waals surface area contributed by atoms with Crippen LogP contribution in [0.3, 0.4) is 0 Å². The fraction of sp³-hybridized carbons (Fsp3) is 0. The van der Waals surface area contributed by atoms with Crippen LogP contribution in [0.1, 0.15) is 0 Å². The average molecular weight is 300 g/mol. The summed E-state index contributed by atoms with van der Waals surface area (Å²) in [4.78, 5) is 0.551. The molecule has 2 aromatic rings. The van der Waals surface area contributed by atoms with E-state index in [9.17, 15) is 12.8 Å². The SMILES string of the molecule is N#CC1=CN(c2ccccc2)c2cccc(F)c2S1(=O)=O. The van der Waals surface area contributed by atoms with Crippen LogP contribution in [-0.4, -0.2) is 8.42 Å². The third-order valence-electron chi connectivity index (χ3n) is 3.15. The van der Waals surface area contributed by atoms with Gasteiger partial charge in [-0.15, -0.1) is 0 Å². The molecular formula is C15H9FN2O2S. The van der Waals surface area contributed by atoms with Crippen molar-refractivity contribution in [2.45, 2.75) is 4.90 Å². The molecule has 0 amide bonds. The lowest BCUT2D eigenvalue weighted by molar-refractivity contribution is 0.570. The predicted octanol–water partition coefficient (Wildman–Crippen LogP) is 3.12. The molecule has 1 aliphatic heterocycles. The highest BCUT2D eigenvalue weighted by molar-refractivity contribution is 7.95. The first-order chi connectivity index (χ1) is 10.1. The number of nitrogens with zero attached hydrogens (tertiary/aromatic N) is 2. The van der Waals surface area contributed by atoms with Crippen LogP contribution in [-0.2, 0) is 9.84 Å². The monoisotopic (exact) mass is 300 g/mol. The largest absolute Gasteiger partial charge is 0.314 e. The number of anilines is 2. The molecule has 0 aromatic heterocycles. The Bertz CT molecular complexity index is 884. The van der Waals surface area contributed by atoms with Crippen LogP contribution < -0.4 is 4.90 Å². The molecule has 0 N–H and O–H groups in total. The molecule has 0 saturated heterocycles. The number of hydrogen-bond acceptors (Lipinski definition) is 4. The maximum atomic E-state index is 14.0. The first kappa shape index (κ1) is 13.3. The zero-order chi connectivity index (χ0) is 15.0. The highest BCUT2D eigenvalue weighted by atomic mass is 32.2. The van der Waals surface area contributed by atoms with E-state index >= 15 is 0 Å². The van der Waals surface area contributed by atoms with Gasteiger partial charge in [0.1, 0.15) is 16.8 Å². The van der Waals surface area contributed by atoms with Crippen LogP contribution in [0.25, 0.3) is 0 Å². The molecule has 2 aromatic carbocycles. The zero-order valence-electron chi connectivity index (χ0n) is 10.7. The number of halogens is 1. The van der Waals surface area contributed by atoms with Crippen molar-refractivity contribution in [1.29, 1.82) is 5.26 Å². The molecule has 4 nitrogen and oxygen atoms in total. The van der Waals surface area contributed by atoms with Gasteiger partial charge in [0.05, 0.1) is 5.69 Å². The van der Waals surface area contributed by atoms with Crippen LogP contribution in [0.2, 0.25) is 0 Å². The van der Waals surface area contributed by atoms with Gasteiger partial charge >= 0.3 is 0 Å². The van der Waals surface area contributed by atoms with E-state index in [0.29, 0.717) is 5.69 Å². The summed E-state index contributed by atoms with van der Waals surface area (Å²) in [6.07, 6.45) is 1.21. The number of sulfone groups is 1. The normalized spacial score (nSPS) is 15.8. The van der Waals surface area contributed by atoms with Crippen molar-refractivity contribution in [2.24, 2.45) is 0 Å². The van der Waals surface area contributed by atoms with Gasteiger partial charge < -0.3 is 4.90 Å². The van der Waals surface area contributed by atoms with Gasteiger partial charge in [-0.05, 0) is 24.3 Å². The van der Waals surface area contributed by atoms with Gasteiger partial charge in [-0.3, -0.25) is 0 Å². The highest BCUT2D eigenvalue weighted by Gasteiger charge is 2.34. The molecule has 0 bridgehead atoms. The minimum absolute atomic E-state index is 0.195. The molecule has 0 aliphatic carbocycles. The summed E-state index contributed by atoms with van der Waals surface area (Å²) in [7, 11) is -4.12. The quantitative estimate of drug-likeness (QED) is 0.812. The molecule has 0 atom stereocenters. The van der Waals surface area contributed by atoms with Crippen LogP contribution in [0.5, 0.6) is 0 Å². The summed E-state index contributed by atoms with van der Waals surface area (Å²) < 4.78 is 38.6. The topological polar surface area (TPSA) is 61.2 Å². The summed E-state index contributed by atoms with van der Waals surface area (Å²) >= 11 is 0. The molecule has 1 heterocycles. The lowest BCUT2D eigenvalue weighted by Crippen LogP contribution is -2.22. The van der Waals surface area contributed by atoms with E-state index in [1.54, 1.807) is 30.3 Å². The van der Waals surface area contributed by atoms with Crippen molar-refractivity contribution < 1.29 is 12.8 Å². The third kappa shape index (κ3) is 1.99. The van der Waals surface area contributed by atoms with Gasteiger partial charge in [0.15, 0.2) is 4.91 Å². The second-order valence-corrected chi connectivity index (χ2v) is 6.26. The molecule has 6 heteroatoms. The first-order valence-electron chi connectivity index (χ1n) is 6.05. The zero-order valence-corrected chi connectivity index (χ0v) is 11.5. The number of fused-ring (bicyclic) bond motifs is 1. The Morgan fingerprint density at radius 1 is 1.05 bits per heavy atom. The molecule has 0 saturated carbocycles. The highest BCUT2D eigenvalue weighted by Crippen LogP contribution is 2.40. The van der Waals surface area contributed by atoms with E-state index in [4.69, 9.17) is 5.26 Å². The van der Waals surface area contributed by atoms with E-state index in [-0.39, 0.29) is 5.69 Å². The Kier molecular flexibility index (Phi) is 3.00. The van der Waals surface area contributed by atoms with Crippen molar-refractivity contribution in [3.63, 3.8) is 0 Å². The number of para-hydroxylation sites is 1. The molecule has 0 spiro atoms. The maximum absolute atomic E-state index is 14.0. The summed E-state index contributed by atoms with van der Waals surface area (Å²) in [6.45, 7) is 0. The number of hydrogen-bond donors (Lipinski definition) is 0. The van der Waals surface area contributed by atoms with Crippen molar-refractivity contribution >= 4 is 21.2 Å². The molecule has 3 rings (SSSR count). The van der Waals surface area contributed by atoms with Crippen LogP contribution in [0, 0.1) is 17.1 Å². The van der Waals surface area contributed by atoms with Gasteiger partial charge in [-0.1, -0.05) is 24.3 Å². The van der Waals surface area contributed by atoms with Crippen LogP contribution >= 0.6 is 0 Å². The molecule has 104 valence electrons. The van der Waals surface area contributed by atoms with Crippen LogP contribution in [0.4, 0.5) is 15.8 Å². The Hall–Kier alpha value is -2.65. The Morgan fingerprint density at radius 2 is 1.76 bits per heavy atom. The molecule has 1 aliphatic rings. The summed E-state index contributed by atoms with van der Waals surface area (Å²) in [6, 6.07) is 14.5. The van der Waals surface area contributed by atoms with E-state index in [1.807, 2.05) is 6.07 Å². The molecular weight excluding hydrogens is 291 g/mol. The third-order valence-corrected chi connectivity index (χ3v) is 4.87. The van der Waals surface area contributed by atoms with Gasteiger partial charge in [0, 0.05) is 11.9 Å². The van der Waals surface area contributed by atoms with Crippen molar-refractivity contribution in [2.75, 3.05) is 4.90 Å². The van der Waals surface area contributed by atoms with Gasteiger partial charge in [0.2, 0.25) is 9.84 Å². The minimum atomic E-state index is -4.12. The predicted molar refractivity (Wildman–Crippen MR) is 75.9 cm³/mol. The van der Waals surface area contributed by atoms with E-state index in [2.05, 4.69) is 0 Å². The number of rotatable bonds is 1. The Balaban J connectivity index is 2.35. The Labute approximate surface area is 121 Å². The van der Waals surface area contributed by atoms with Crippen molar-refractivity contribution in [1.82, 2.24) is 0 Å². The van der Waals surface area contributed by atoms with E-state index in [1.165, 1.54) is 23.2 Å². The summed E-state index contributed by atoms with van der Waals surface area (Å²) in [5.41, 5.74) is 0.840. The van der Waals surface area contributed by atoms with Crippen molar-refractivity contribution in [3.8, 4) is 6.07 Å². The Morgan fingerprint density at radius 3 is 2.43 bits per heavy atom. The lowest BCUT2D eigenvalue weighted by Gasteiger charge is -2.27. The van der Waals surface area contributed by atoms with E-state index in [0.717, 1.165) is 6.07 Å². The molecule has 21 heavy (non-hydrogen) atoms. The average Bonchev–Trinajstić information content (AvgIpc) is 2.48. The standard InChI is InChI=1S/C15H9FN2O2S/c16-13-7-4-8-14-15(13)21(19,20)12(9-17)10-18(14)11-5-2-1-3-6-11/h1-8,10H. The molecule has 0 radical (unpaired) electrons. The second-order valence-electron chi connectivity index (χ2n) is 4.40. The minimum Gasteiger partial charge on any atom is -0.314 e. The van der Waals surface area contributed by atoms with Gasteiger partial charge in [0.25, 0.3) is 0 Å². The van der Waals surface area contributed by atoms with Gasteiger partial charge in [-0.2, -0.15) is 5.26 Å². The van der Waals surface area contributed by atoms with Crippen LogP contribution in [0.15, 0.2) is 64.5 Å². The smallest absolute Gasteiger partial charge is 0.223 e. The van der Waals surface area contributed by atoms with E-state index < -0.39 is 25.5 Å². The molecule has 0 fully saturated rings. The fourth-order valence-corrected chi connectivity index (χ4v) is 3.56.